The molecule has 0 atom stereocenters. The molecule has 140 valence electrons. The molecule has 5 heteroatoms. The second kappa shape index (κ2) is 7.27. The van der Waals surface area contributed by atoms with Crippen LogP contribution in [0.2, 0.25) is 0 Å². The summed E-state index contributed by atoms with van der Waals surface area (Å²) in [5.41, 5.74) is 5.35. The Balaban J connectivity index is 1.33. The molecular formula is C23H21N3O2. The average Bonchev–Trinajstić information content (AvgIpc) is 3.16. The maximum absolute atomic E-state index is 5.93. The van der Waals surface area contributed by atoms with Gasteiger partial charge in [-0.05, 0) is 42.3 Å². The van der Waals surface area contributed by atoms with E-state index in [9.17, 15) is 0 Å². The summed E-state index contributed by atoms with van der Waals surface area (Å²) in [6.45, 7) is 2.51. The second-order valence-corrected chi connectivity index (χ2v) is 6.89. The van der Waals surface area contributed by atoms with Gasteiger partial charge in [0.05, 0.1) is 18.5 Å². The van der Waals surface area contributed by atoms with E-state index < -0.39 is 0 Å². The van der Waals surface area contributed by atoms with Gasteiger partial charge in [-0.15, -0.1) is 0 Å². The molecule has 1 N–H and O–H groups in total. The SMILES string of the molecule is c1ccc2c(CCN3CCOc4cc(Nc5ccncc5)ccc43)coc2c1. The molecule has 0 unspecified atom stereocenters. The summed E-state index contributed by atoms with van der Waals surface area (Å²) in [5.74, 6) is 0.919. The van der Waals surface area contributed by atoms with Crippen LogP contribution in [0.3, 0.4) is 0 Å². The van der Waals surface area contributed by atoms with E-state index in [1.807, 2.05) is 30.5 Å². The van der Waals surface area contributed by atoms with Crippen molar-refractivity contribution in [2.75, 3.05) is 29.9 Å². The molecule has 1 aliphatic heterocycles. The minimum atomic E-state index is 0.692. The highest BCUT2D eigenvalue weighted by molar-refractivity contribution is 5.81. The highest BCUT2D eigenvalue weighted by Gasteiger charge is 2.19. The Morgan fingerprint density at radius 1 is 1.00 bits per heavy atom. The molecule has 0 fully saturated rings. The van der Waals surface area contributed by atoms with Gasteiger partial charge < -0.3 is 19.4 Å². The van der Waals surface area contributed by atoms with Crippen LogP contribution in [0, 0.1) is 0 Å². The third-order valence-electron chi connectivity index (χ3n) is 5.10. The molecule has 0 spiro atoms. The van der Waals surface area contributed by atoms with Gasteiger partial charge >= 0.3 is 0 Å². The number of fused-ring (bicyclic) bond motifs is 2. The molecule has 1 aliphatic rings. The minimum Gasteiger partial charge on any atom is -0.489 e. The van der Waals surface area contributed by atoms with Crippen LogP contribution in [0.4, 0.5) is 17.1 Å². The second-order valence-electron chi connectivity index (χ2n) is 6.89. The fourth-order valence-electron chi connectivity index (χ4n) is 3.67. The van der Waals surface area contributed by atoms with Crippen molar-refractivity contribution in [2.24, 2.45) is 0 Å². The van der Waals surface area contributed by atoms with E-state index in [-0.39, 0.29) is 0 Å². The molecule has 2 aromatic heterocycles. The fraction of sp³-hybridized carbons (Fsp3) is 0.174. The van der Waals surface area contributed by atoms with E-state index in [1.54, 1.807) is 12.4 Å². The first kappa shape index (κ1) is 16.7. The van der Waals surface area contributed by atoms with Crippen LogP contribution >= 0.6 is 0 Å². The Kier molecular flexibility index (Phi) is 4.33. The van der Waals surface area contributed by atoms with Gasteiger partial charge in [-0.2, -0.15) is 0 Å². The van der Waals surface area contributed by atoms with E-state index in [1.165, 1.54) is 10.9 Å². The summed E-state index contributed by atoms with van der Waals surface area (Å²) in [7, 11) is 0. The molecule has 0 bridgehead atoms. The van der Waals surface area contributed by atoms with Gasteiger partial charge in [0, 0.05) is 41.8 Å². The topological polar surface area (TPSA) is 50.5 Å². The minimum absolute atomic E-state index is 0.692. The fourth-order valence-corrected chi connectivity index (χ4v) is 3.67. The number of ether oxygens (including phenoxy) is 1. The van der Waals surface area contributed by atoms with Gasteiger partial charge in [0.25, 0.3) is 0 Å². The first-order valence-corrected chi connectivity index (χ1v) is 9.51. The number of nitrogens with zero attached hydrogens (tertiary/aromatic N) is 2. The van der Waals surface area contributed by atoms with Crippen molar-refractivity contribution in [2.45, 2.75) is 6.42 Å². The predicted molar refractivity (Wildman–Crippen MR) is 112 cm³/mol. The van der Waals surface area contributed by atoms with E-state index in [2.05, 4.69) is 45.5 Å². The molecular weight excluding hydrogens is 350 g/mol. The monoisotopic (exact) mass is 371 g/mol. The lowest BCUT2D eigenvalue weighted by molar-refractivity contribution is 0.308. The summed E-state index contributed by atoms with van der Waals surface area (Å²) in [4.78, 5) is 6.44. The molecule has 0 amide bonds. The van der Waals surface area contributed by atoms with Crippen molar-refractivity contribution >= 4 is 28.0 Å². The number of nitrogens with one attached hydrogen (secondary N) is 1. The van der Waals surface area contributed by atoms with Crippen molar-refractivity contribution in [3.8, 4) is 5.75 Å². The lowest BCUT2D eigenvalue weighted by Gasteiger charge is -2.31. The number of furan rings is 1. The standard InChI is InChI=1S/C23H21N3O2/c1-2-4-22-20(3-1)17(16-28-22)9-12-26-13-14-27-23-15-19(5-6-21(23)26)25-18-7-10-24-11-8-18/h1-8,10-11,15-16H,9,12-14H2,(H,24,25). The number of hydrogen-bond acceptors (Lipinski definition) is 5. The van der Waals surface area contributed by atoms with Crippen molar-refractivity contribution in [1.82, 2.24) is 4.98 Å². The summed E-state index contributed by atoms with van der Waals surface area (Å²) in [6, 6.07) is 18.4. The lowest BCUT2D eigenvalue weighted by Crippen LogP contribution is -2.34. The maximum atomic E-state index is 5.93. The van der Waals surface area contributed by atoms with Crippen LogP contribution in [-0.4, -0.2) is 24.7 Å². The number of benzene rings is 2. The van der Waals surface area contributed by atoms with Crippen molar-refractivity contribution in [3.63, 3.8) is 0 Å². The Bertz CT molecular complexity index is 1090. The van der Waals surface area contributed by atoms with Crippen LogP contribution in [-0.2, 0) is 6.42 Å². The number of pyridine rings is 1. The molecule has 4 aromatic rings. The number of aromatic nitrogens is 1. The van der Waals surface area contributed by atoms with Gasteiger partial charge in [-0.25, -0.2) is 0 Å². The molecule has 2 aromatic carbocycles. The number of anilines is 3. The van der Waals surface area contributed by atoms with Crippen LogP contribution in [0.5, 0.6) is 5.75 Å². The molecule has 0 saturated carbocycles. The van der Waals surface area contributed by atoms with Gasteiger partial charge in [-0.3, -0.25) is 4.98 Å². The van der Waals surface area contributed by atoms with E-state index in [0.717, 1.165) is 47.9 Å². The zero-order valence-corrected chi connectivity index (χ0v) is 15.5. The highest BCUT2D eigenvalue weighted by Crippen LogP contribution is 2.35. The summed E-state index contributed by atoms with van der Waals surface area (Å²) < 4.78 is 11.6. The first-order chi connectivity index (χ1) is 13.9. The number of hydrogen-bond donors (Lipinski definition) is 1. The summed E-state index contributed by atoms with van der Waals surface area (Å²) in [6.07, 6.45) is 6.37. The molecule has 0 saturated heterocycles. The normalized spacial score (nSPS) is 13.2. The highest BCUT2D eigenvalue weighted by atomic mass is 16.5. The van der Waals surface area contributed by atoms with Crippen molar-refractivity contribution in [1.29, 1.82) is 0 Å². The Morgan fingerprint density at radius 3 is 2.82 bits per heavy atom. The van der Waals surface area contributed by atoms with Crippen molar-refractivity contribution < 1.29 is 9.15 Å². The average molecular weight is 371 g/mol. The molecule has 0 aliphatic carbocycles. The Labute approximate surface area is 163 Å². The lowest BCUT2D eigenvalue weighted by atomic mass is 10.1. The third-order valence-corrected chi connectivity index (χ3v) is 5.10. The predicted octanol–water partition coefficient (Wildman–Crippen LogP) is 5.01. The van der Waals surface area contributed by atoms with Gasteiger partial charge in [0.1, 0.15) is 17.9 Å². The summed E-state index contributed by atoms with van der Waals surface area (Å²) in [5, 5.41) is 4.59. The zero-order chi connectivity index (χ0) is 18.8. The van der Waals surface area contributed by atoms with Crippen LogP contribution in [0.15, 0.2) is 77.7 Å². The van der Waals surface area contributed by atoms with Crippen LogP contribution < -0.4 is 15.0 Å². The van der Waals surface area contributed by atoms with E-state index in [0.29, 0.717) is 6.61 Å². The largest absolute Gasteiger partial charge is 0.489 e. The van der Waals surface area contributed by atoms with E-state index in [4.69, 9.17) is 9.15 Å². The maximum Gasteiger partial charge on any atom is 0.144 e. The summed E-state index contributed by atoms with van der Waals surface area (Å²) >= 11 is 0. The van der Waals surface area contributed by atoms with Gasteiger partial charge in [0.2, 0.25) is 0 Å². The Morgan fingerprint density at radius 2 is 1.89 bits per heavy atom. The smallest absolute Gasteiger partial charge is 0.144 e. The molecule has 5 rings (SSSR count). The number of para-hydroxylation sites is 1. The molecule has 28 heavy (non-hydrogen) atoms. The van der Waals surface area contributed by atoms with Gasteiger partial charge in [-0.1, -0.05) is 18.2 Å². The van der Waals surface area contributed by atoms with Crippen molar-refractivity contribution in [3.05, 3.63) is 78.8 Å². The zero-order valence-electron chi connectivity index (χ0n) is 15.5. The van der Waals surface area contributed by atoms with E-state index >= 15 is 0 Å². The molecule has 3 heterocycles. The quantitative estimate of drug-likeness (QED) is 0.534. The van der Waals surface area contributed by atoms with Crippen LogP contribution in [0.1, 0.15) is 5.56 Å². The van der Waals surface area contributed by atoms with Gasteiger partial charge in [0.15, 0.2) is 0 Å². The van der Waals surface area contributed by atoms with Crippen LogP contribution in [0.25, 0.3) is 11.0 Å². The molecule has 0 radical (unpaired) electrons. The third kappa shape index (κ3) is 3.27. The first-order valence-electron chi connectivity index (χ1n) is 9.51. The number of rotatable bonds is 5. The Hall–Kier alpha value is -3.47. The molecule has 5 nitrogen and oxygen atoms in total.